The van der Waals surface area contributed by atoms with E-state index < -0.39 is 0 Å². The Morgan fingerprint density at radius 2 is 1.86 bits per heavy atom. The first-order chi connectivity index (χ1) is 10.7. The number of nitrogens with zero attached hydrogens (tertiary/aromatic N) is 4. The van der Waals surface area contributed by atoms with E-state index >= 15 is 0 Å². The first-order valence-electron chi connectivity index (χ1n) is 8.79. The average molecular weight is 321 g/mol. The lowest BCUT2D eigenvalue weighted by atomic mass is 9.91. The van der Waals surface area contributed by atoms with Gasteiger partial charge in [0, 0.05) is 49.8 Å². The third kappa shape index (κ3) is 2.79. The van der Waals surface area contributed by atoms with E-state index in [2.05, 4.69) is 40.0 Å². The highest BCUT2D eigenvalue weighted by molar-refractivity contribution is 7.15. The van der Waals surface area contributed by atoms with Gasteiger partial charge in [-0.3, -0.25) is 4.90 Å². The largest absolute Gasteiger partial charge is 0.348 e. The van der Waals surface area contributed by atoms with E-state index in [0.29, 0.717) is 0 Å². The third-order valence-electron chi connectivity index (χ3n) is 5.75. The van der Waals surface area contributed by atoms with Crippen molar-refractivity contribution in [2.45, 2.75) is 38.3 Å². The summed E-state index contributed by atoms with van der Waals surface area (Å²) in [6, 6.07) is 0.817. The summed E-state index contributed by atoms with van der Waals surface area (Å²) in [5, 5.41) is 1.25. The Morgan fingerprint density at radius 1 is 1.18 bits per heavy atom. The molecule has 2 bridgehead atoms. The van der Waals surface area contributed by atoms with Gasteiger partial charge >= 0.3 is 0 Å². The Bertz CT molecular complexity index is 495. The quantitative estimate of drug-likeness (QED) is 0.850. The normalized spacial score (nSPS) is 32.3. The molecule has 2 saturated heterocycles. The fraction of sp³-hybridized carbons (Fsp3) is 0.824. The monoisotopic (exact) mass is 320 g/mol. The zero-order chi connectivity index (χ0) is 15.1. The number of hydrogen-bond donors (Lipinski definition) is 0. The van der Waals surface area contributed by atoms with Crippen LogP contribution < -0.4 is 4.90 Å². The number of likely N-dealkylation sites (tertiary alicyclic amines) is 1. The number of hydrogen-bond acceptors (Lipinski definition) is 5. The molecule has 3 aliphatic rings. The van der Waals surface area contributed by atoms with Crippen molar-refractivity contribution in [2.75, 3.05) is 45.2 Å². The number of aromatic nitrogens is 1. The lowest BCUT2D eigenvalue weighted by Gasteiger charge is -2.41. The van der Waals surface area contributed by atoms with E-state index in [-0.39, 0.29) is 0 Å². The number of piperidine rings is 1. The maximum atomic E-state index is 4.67. The Kier molecular flexibility index (Phi) is 4.13. The zero-order valence-corrected chi connectivity index (χ0v) is 14.7. The van der Waals surface area contributed by atoms with Crippen LogP contribution in [0.1, 0.15) is 30.6 Å². The van der Waals surface area contributed by atoms with Crippen molar-refractivity contribution in [2.24, 2.45) is 11.8 Å². The molecule has 3 fully saturated rings. The van der Waals surface area contributed by atoms with Crippen molar-refractivity contribution in [3.8, 4) is 0 Å². The van der Waals surface area contributed by atoms with Crippen molar-refractivity contribution >= 4 is 16.5 Å². The molecule has 1 saturated carbocycles. The van der Waals surface area contributed by atoms with E-state index in [1.54, 1.807) is 0 Å². The number of fused-ring (bicyclic) bond motifs is 2. The number of rotatable bonds is 4. The molecule has 4 rings (SSSR count). The topological polar surface area (TPSA) is 22.6 Å². The molecule has 122 valence electrons. The fourth-order valence-corrected chi connectivity index (χ4v) is 5.91. The second kappa shape index (κ2) is 6.10. The van der Waals surface area contributed by atoms with E-state index in [1.807, 2.05) is 11.3 Å². The van der Waals surface area contributed by atoms with Crippen LogP contribution in [0.5, 0.6) is 0 Å². The minimum absolute atomic E-state index is 0.817. The maximum Gasteiger partial charge on any atom is 0.185 e. The molecule has 1 unspecified atom stereocenters. The molecular formula is C17H28N4S. The van der Waals surface area contributed by atoms with Crippen LogP contribution in [0.25, 0.3) is 0 Å². The summed E-state index contributed by atoms with van der Waals surface area (Å²) in [7, 11) is 4.52. The molecule has 5 heteroatoms. The molecule has 22 heavy (non-hydrogen) atoms. The lowest BCUT2D eigenvalue weighted by Crippen LogP contribution is -2.50. The van der Waals surface area contributed by atoms with Crippen LogP contribution in [-0.4, -0.2) is 61.1 Å². The van der Waals surface area contributed by atoms with Crippen LogP contribution in [-0.2, 0) is 6.54 Å². The Balaban J connectivity index is 1.38. The van der Waals surface area contributed by atoms with Gasteiger partial charge in [0.25, 0.3) is 0 Å². The molecule has 1 aliphatic carbocycles. The predicted molar refractivity (Wildman–Crippen MR) is 92.5 cm³/mol. The summed E-state index contributed by atoms with van der Waals surface area (Å²) in [4.78, 5) is 13.7. The summed E-state index contributed by atoms with van der Waals surface area (Å²) in [6.45, 7) is 6.06. The van der Waals surface area contributed by atoms with Crippen LogP contribution in [0.3, 0.4) is 0 Å². The van der Waals surface area contributed by atoms with Gasteiger partial charge in [0.05, 0.1) is 0 Å². The highest BCUT2D eigenvalue weighted by Gasteiger charge is 2.42. The molecule has 1 aromatic heterocycles. The van der Waals surface area contributed by atoms with Gasteiger partial charge in [-0.1, -0.05) is 0 Å². The summed E-state index contributed by atoms with van der Waals surface area (Å²) in [5.74, 6) is 1.75. The van der Waals surface area contributed by atoms with E-state index in [4.69, 9.17) is 0 Å². The molecule has 0 aromatic carbocycles. The van der Waals surface area contributed by atoms with Crippen molar-refractivity contribution in [3.05, 3.63) is 11.1 Å². The van der Waals surface area contributed by atoms with Crippen molar-refractivity contribution in [1.82, 2.24) is 14.8 Å². The Hall–Kier alpha value is -0.650. The first kappa shape index (κ1) is 14.9. The molecule has 2 aliphatic heterocycles. The fourth-order valence-electron chi connectivity index (χ4n) is 4.91. The first-order valence-corrected chi connectivity index (χ1v) is 9.61. The van der Waals surface area contributed by atoms with Gasteiger partial charge in [-0.15, -0.1) is 11.3 Å². The SMILES string of the molecule is CN(C)C1[C@@H]2CC[C@H]1CN(Cc1cnc(N3CCCC3)s1)C2. The van der Waals surface area contributed by atoms with E-state index in [0.717, 1.165) is 24.4 Å². The van der Waals surface area contributed by atoms with Gasteiger partial charge in [-0.25, -0.2) is 4.98 Å². The highest BCUT2D eigenvalue weighted by atomic mass is 32.1. The predicted octanol–water partition coefficient (Wildman–Crippen LogP) is 2.52. The summed E-state index contributed by atoms with van der Waals surface area (Å²) in [6.07, 6.45) is 7.63. The number of anilines is 1. The molecular weight excluding hydrogens is 292 g/mol. The van der Waals surface area contributed by atoms with Crippen LogP contribution in [0, 0.1) is 11.8 Å². The minimum Gasteiger partial charge on any atom is -0.348 e. The molecule has 0 spiro atoms. The summed E-state index contributed by atoms with van der Waals surface area (Å²) >= 11 is 1.92. The number of thiazole rings is 1. The standard InChI is InChI=1S/C17H28N4S/c1-19(2)16-13-5-6-14(16)11-20(10-13)12-15-9-18-17(22-15)21-7-3-4-8-21/h9,13-14,16H,3-8,10-12H2,1-2H3/t13-,14+,16?. The zero-order valence-electron chi connectivity index (χ0n) is 13.9. The molecule has 0 N–H and O–H groups in total. The lowest BCUT2D eigenvalue weighted by molar-refractivity contribution is 0.0720. The van der Waals surface area contributed by atoms with Gasteiger partial charge in [0.2, 0.25) is 0 Å². The van der Waals surface area contributed by atoms with Gasteiger partial charge in [0.1, 0.15) is 0 Å². The molecule has 3 atom stereocenters. The highest BCUT2D eigenvalue weighted by Crippen LogP contribution is 2.40. The summed E-state index contributed by atoms with van der Waals surface area (Å²) < 4.78 is 0. The van der Waals surface area contributed by atoms with Gasteiger partial charge in [-0.2, -0.15) is 0 Å². The molecule has 1 aromatic rings. The molecule has 0 radical (unpaired) electrons. The van der Waals surface area contributed by atoms with E-state index in [1.165, 1.54) is 61.9 Å². The summed E-state index contributed by atoms with van der Waals surface area (Å²) in [5.41, 5.74) is 0. The van der Waals surface area contributed by atoms with Crippen LogP contribution in [0.4, 0.5) is 5.13 Å². The van der Waals surface area contributed by atoms with Gasteiger partial charge in [-0.05, 0) is 51.6 Å². The van der Waals surface area contributed by atoms with Crippen molar-refractivity contribution in [1.29, 1.82) is 0 Å². The van der Waals surface area contributed by atoms with Crippen LogP contribution in [0.15, 0.2) is 6.20 Å². The molecule has 0 amide bonds. The van der Waals surface area contributed by atoms with Crippen molar-refractivity contribution < 1.29 is 0 Å². The molecule has 4 nitrogen and oxygen atoms in total. The second-order valence-corrected chi connectivity index (χ2v) is 8.64. The Morgan fingerprint density at radius 3 is 2.50 bits per heavy atom. The van der Waals surface area contributed by atoms with Gasteiger partial charge < -0.3 is 9.80 Å². The Labute approximate surface area is 138 Å². The second-order valence-electron chi connectivity index (χ2n) is 7.55. The third-order valence-corrected chi connectivity index (χ3v) is 6.80. The van der Waals surface area contributed by atoms with E-state index in [9.17, 15) is 0 Å². The van der Waals surface area contributed by atoms with Crippen molar-refractivity contribution in [3.63, 3.8) is 0 Å². The maximum absolute atomic E-state index is 4.67. The smallest absolute Gasteiger partial charge is 0.185 e. The minimum atomic E-state index is 0.817. The molecule has 3 heterocycles. The van der Waals surface area contributed by atoms with Crippen LogP contribution in [0.2, 0.25) is 0 Å². The average Bonchev–Trinajstić information content (AvgIpc) is 3.18. The van der Waals surface area contributed by atoms with Crippen LogP contribution >= 0.6 is 11.3 Å². The van der Waals surface area contributed by atoms with Gasteiger partial charge in [0.15, 0.2) is 5.13 Å².